The standard InChI is InChI=1S/C19H27F3N2O3P2/c1-23-12-17(13-23,15-10-6-7-11-24(15)29-28)27-16(25)18(26-2,19(20,21)22)14-8-4-3-5-9-14/h3-5,8-9,15,29H,6-7,10-13,28H2,1-2H3/t15-,18-/m0/s1. The van der Waals surface area contributed by atoms with Crippen LogP contribution in [0.15, 0.2) is 30.3 Å². The second kappa shape index (κ2) is 8.76. The van der Waals surface area contributed by atoms with E-state index in [9.17, 15) is 18.0 Å². The second-order valence-corrected chi connectivity index (χ2v) is 9.32. The normalized spacial score (nSPS) is 25.5. The minimum Gasteiger partial charge on any atom is -0.452 e. The van der Waals surface area contributed by atoms with Crippen molar-refractivity contribution in [2.75, 3.05) is 33.8 Å². The number of benzene rings is 1. The predicted molar refractivity (Wildman–Crippen MR) is 110 cm³/mol. The highest BCUT2D eigenvalue weighted by Gasteiger charge is 2.66. The number of likely N-dealkylation sites (N-methyl/N-ethyl adjacent to an activating group) is 1. The molecule has 162 valence electrons. The largest absolute Gasteiger partial charge is 0.452 e. The summed E-state index contributed by atoms with van der Waals surface area (Å²) in [5.74, 6) is -1.40. The number of nitrogens with zero attached hydrogens (tertiary/aromatic N) is 2. The number of esters is 1. The van der Waals surface area contributed by atoms with Gasteiger partial charge in [-0.2, -0.15) is 13.2 Å². The van der Waals surface area contributed by atoms with Gasteiger partial charge in [-0.3, -0.25) is 9.57 Å². The molecule has 0 radical (unpaired) electrons. The van der Waals surface area contributed by atoms with Crippen molar-refractivity contribution in [2.45, 2.75) is 42.7 Å². The molecular formula is C19H27F3N2O3P2. The lowest BCUT2D eigenvalue weighted by atomic mass is 9.81. The zero-order chi connectivity index (χ0) is 21.3. The van der Waals surface area contributed by atoms with Crippen LogP contribution in [0.3, 0.4) is 0 Å². The molecule has 2 saturated heterocycles. The quantitative estimate of drug-likeness (QED) is 0.490. The number of likely N-dealkylation sites (tertiary alicyclic amines) is 1. The highest BCUT2D eigenvalue weighted by molar-refractivity contribution is 8.01. The maximum absolute atomic E-state index is 14.2. The number of hydrogen-bond donors (Lipinski definition) is 0. The Balaban J connectivity index is 1.97. The van der Waals surface area contributed by atoms with Crippen molar-refractivity contribution in [1.82, 2.24) is 9.57 Å². The zero-order valence-electron chi connectivity index (χ0n) is 16.5. The van der Waals surface area contributed by atoms with Gasteiger partial charge in [-0.15, -0.1) is 0 Å². The SMILES string of the molecule is CO[C@](C(=O)OC1([C@@H]2CCCCN2PP)CN(C)C1)(c1ccccc1)C(F)(F)F. The van der Waals surface area contributed by atoms with E-state index in [1.54, 1.807) is 6.07 Å². The number of methoxy groups -OCH3 is 1. The summed E-state index contributed by atoms with van der Waals surface area (Å²) in [7, 11) is 5.88. The lowest BCUT2D eigenvalue weighted by Gasteiger charge is -2.56. The van der Waals surface area contributed by atoms with Crippen LogP contribution in [-0.2, 0) is 19.9 Å². The van der Waals surface area contributed by atoms with Crippen LogP contribution < -0.4 is 0 Å². The van der Waals surface area contributed by atoms with Gasteiger partial charge in [0.05, 0.1) is 6.04 Å². The van der Waals surface area contributed by atoms with Gasteiger partial charge in [0, 0.05) is 32.3 Å². The minimum absolute atomic E-state index is 0.106. The number of hydrogen-bond acceptors (Lipinski definition) is 5. The van der Waals surface area contributed by atoms with Crippen LogP contribution >= 0.6 is 17.3 Å². The van der Waals surface area contributed by atoms with Crippen molar-refractivity contribution >= 4 is 23.3 Å². The topological polar surface area (TPSA) is 42.0 Å². The molecule has 0 bridgehead atoms. The predicted octanol–water partition coefficient (Wildman–Crippen LogP) is 3.56. The lowest BCUT2D eigenvalue weighted by molar-refractivity contribution is -0.287. The first-order chi connectivity index (χ1) is 13.7. The summed E-state index contributed by atoms with van der Waals surface area (Å²) in [6.45, 7) is 1.66. The molecule has 4 atom stereocenters. The number of carbonyl (C=O) groups is 1. The summed E-state index contributed by atoms with van der Waals surface area (Å²) in [5.41, 5.74) is -4.41. The molecule has 2 fully saturated rings. The molecule has 0 aliphatic carbocycles. The Morgan fingerprint density at radius 2 is 1.90 bits per heavy atom. The Morgan fingerprint density at radius 3 is 2.41 bits per heavy atom. The molecule has 2 aliphatic heterocycles. The molecule has 10 heteroatoms. The molecule has 0 amide bonds. The molecule has 0 N–H and O–H groups in total. The van der Waals surface area contributed by atoms with Gasteiger partial charge in [0.25, 0.3) is 5.60 Å². The van der Waals surface area contributed by atoms with E-state index in [2.05, 4.69) is 13.6 Å². The van der Waals surface area contributed by atoms with E-state index >= 15 is 0 Å². The first-order valence-electron chi connectivity index (χ1n) is 9.52. The van der Waals surface area contributed by atoms with Crippen LogP contribution in [0.1, 0.15) is 24.8 Å². The van der Waals surface area contributed by atoms with Crippen LogP contribution in [0.25, 0.3) is 0 Å². The highest BCUT2D eigenvalue weighted by atomic mass is 32.0. The summed E-state index contributed by atoms with van der Waals surface area (Å²) in [4.78, 5) is 15.1. The lowest BCUT2D eigenvalue weighted by Crippen LogP contribution is -2.72. The Bertz CT molecular complexity index is 716. The van der Waals surface area contributed by atoms with E-state index in [-0.39, 0.29) is 11.6 Å². The average Bonchev–Trinajstić information content (AvgIpc) is 2.67. The monoisotopic (exact) mass is 450 g/mol. The van der Waals surface area contributed by atoms with Gasteiger partial charge in [-0.25, -0.2) is 4.79 Å². The number of ether oxygens (including phenoxy) is 2. The van der Waals surface area contributed by atoms with Crippen LogP contribution in [0, 0.1) is 0 Å². The molecular weight excluding hydrogens is 423 g/mol. The maximum atomic E-state index is 14.2. The minimum atomic E-state index is -4.97. The first kappa shape index (κ1) is 22.9. The van der Waals surface area contributed by atoms with Crippen molar-refractivity contribution in [1.29, 1.82) is 0 Å². The van der Waals surface area contributed by atoms with Crippen molar-refractivity contribution < 1.29 is 27.4 Å². The molecule has 2 unspecified atom stereocenters. The van der Waals surface area contributed by atoms with Crippen molar-refractivity contribution in [3.8, 4) is 0 Å². The molecule has 1 aromatic carbocycles. The fourth-order valence-corrected chi connectivity index (χ4v) is 6.25. The van der Waals surface area contributed by atoms with E-state index < -0.39 is 23.3 Å². The Labute approximate surface area is 173 Å². The summed E-state index contributed by atoms with van der Waals surface area (Å²) in [5, 5.41) is 0. The van der Waals surface area contributed by atoms with Crippen molar-refractivity contribution in [3.05, 3.63) is 35.9 Å². The number of alkyl halides is 3. The second-order valence-electron chi connectivity index (χ2n) is 7.71. The van der Waals surface area contributed by atoms with Crippen LogP contribution in [-0.4, -0.2) is 67.2 Å². The van der Waals surface area contributed by atoms with Crippen LogP contribution in [0.2, 0.25) is 0 Å². The molecule has 29 heavy (non-hydrogen) atoms. The Hall–Kier alpha value is -0.780. The number of piperidine rings is 1. The van der Waals surface area contributed by atoms with Crippen molar-refractivity contribution in [3.63, 3.8) is 0 Å². The number of carbonyl (C=O) groups excluding carboxylic acids is 1. The smallest absolute Gasteiger partial charge is 0.432 e. The first-order valence-corrected chi connectivity index (χ1v) is 12.3. The van der Waals surface area contributed by atoms with Crippen LogP contribution in [0.4, 0.5) is 13.2 Å². The van der Waals surface area contributed by atoms with Gasteiger partial charge >= 0.3 is 12.1 Å². The fraction of sp³-hybridized carbons (Fsp3) is 0.632. The van der Waals surface area contributed by atoms with Gasteiger partial charge in [0.2, 0.25) is 0 Å². The van der Waals surface area contributed by atoms with Crippen molar-refractivity contribution in [2.24, 2.45) is 0 Å². The van der Waals surface area contributed by atoms with E-state index in [0.717, 1.165) is 32.9 Å². The Kier molecular flexibility index (Phi) is 6.92. The summed E-state index contributed by atoms with van der Waals surface area (Å²) in [6.07, 6.45) is -2.18. The van der Waals surface area contributed by atoms with E-state index in [1.165, 1.54) is 24.3 Å². The third-order valence-corrected chi connectivity index (χ3v) is 7.68. The molecule has 0 spiro atoms. The van der Waals surface area contributed by atoms with E-state index in [4.69, 9.17) is 9.47 Å². The maximum Gasteiger partial charge on any atom is 0.432 e. The van der Waals surface area contributed by atoms with Gasteiger partial charge in [-0.1, -0.05) is 45.7 Å². The third kappa shape index (κ3) is 4.07. The molecule has 1 aromatic rings. The van der Waals surface area contributed by atoms with Gasteiger partial charge in [0.1, 0.15) is 0 Å². The summed E-state index contributed by atoms with van der Waals surface area (Å²) in [6, 6.07) is 6.88. The molecule has 0 aromatic heterocycles. The number of halogens is 3. The van der Waals surface area contributed by atoms with Gasteiger partial charge < -0.3 is 9.47 Å². The number of rotatable bonds is 6. The molecule has 5 nitrogen and oxygen atoms in total. The zero-order valence-corrected chi connectivity index (χ0v) is 18.7. The van der Waals surface area contributed by atoms with E-state index in [0.29, 0.717) is 21.5 Å². The average molecular weight is 450 g/mol. The highest BCUT2D eigenvalue weighted by Crippen LogP contribution is 2.47. The Morgan fingerprint density at radius 1 is 1.24 bits per heavy atom. The summed E-state index contributed by atoms with van der Waals surface area (Å²) >= 11 is 0. The molecule has 2 aliphatic rings. The van der Waals surface area contributed by atoms with Crippen LogP contribution in [0.5, 0.6) is 0 Å². The molecule has 2 heterocycles. The van der Waals surface area contributed by atoms with E-state index in [1.807, 2.05) is 11.9 Å². The van der Waals surface area contributed by atoms with Gasteiger partial charge in [-0.05, 0) is 28.3 Å². The fourth-order valence-electron chi connectivity index (χ4n) is 4.49. The van der Waals surface area contributed by atoms with Gasteiger partial charge in [0.15, 0.2) is 5.60 Å². The molecule has 3 rings (SSSR count). The molecule has 0 saturated carbocycles. The third-order valence-electron chi connectivity index (χ3n) is 5.82. The summed E-state index contributed by atoms with van der Waals surface area (Å²) < 4.78 is 55.6.